The molecular weight excluding hydrogens is 321 g/mol. The van der Waals surface area contributed by atoms with E-state index in [0.717, 1.165) is 5.56 Å². The monoisotopic (exact) mass is 339 g/mol. The molecule has 6 heteroatoms. The van der Waals surface area contributed by atoms with Crippen LogP contribution in [0.2, 0.25) is 0 Å². The summed E-state index contributed by atoms with van der Waals surface area (Å²) in [6, 6.07) is 13.3. The molecule has 0 aliphatic carbocycles. The fourth-order valence-electron chi connectivity index (χ4n) is 2.60. The van der Waals surface area contributed by atoms with E-state index in [1.165, 1.54) is 12.1 Å². The zero-order valence-electron chi connectivity index (χ0n) is 13.9. The van der Waals surface area contributed by atoms with Gasteiger partial charge in [0.1, 0.15) is 17.3 Å². The molecule has 0 saturated carbocycles. The lowest BCUT2D eigenvalue weighted by molar-refractivity contribution is 0.406. The van der Waals surface area contributed by atoms with Crippen molar-refractivity contribution in [1.82, 2.24) is 9.97 Å². The molecule has 1 unspecified atom stereocenters. The second kappa shape index (κ2) is 7.61. The third kappa shape index (κ3) is 3.85. The smallest absolute Gasteiger partial charge is 0.223 e. The lowest BCUT2D eigenvalue weighted by atomic mass is 9.97. The van der Waals surface area contributed by atoms with Gasteiger partial charge in [-0.05, 0) is 42.0 Å². The molecular formula is C19H18FN3O2. The van der Waals surface area contributed by atoms with E-state index in [-0.39, 0.29) is 5.82 Å². The topological polar surface area (TPSA) is 56.3 Å². The number of halogens is 1. The van der Waals surface area contributed by atoms with Gasteiger partial charge in [0, 0.05) is 18.0 Å². The zero-order valence-corrected chi connectivity index (χ0v) is 13.9. The SMILES string of the molecule is COc1cccc(C(Nc2ncccn2)c2cc(F)ccc2OC)c1. The molecule has 0 radical (unpaired) electrons. The van der Waals surface area contributed by atoms with E-state index in [4.69, 9.17) is 9.47 Å². The maximum absolute atomic E-state index is 13.9. The predicted octanol–water partition coefficient (Wildman–Crippen LogP) is 3.83. The number of hydrogen-bond donors (Lipinski definition) is 1. The summed E-state index contributed by atoms with van der Waals surface area (Å²) in [6.45, 7) is 0. The molecule has 3 rings (SSSR count). The van der Waals surface area contributed by atoms with Crippen molar-refractivity contribution in [1.29, 1.82) is 0 Å². The first-order valence-electron chi connectivity index (χ1n) is 7.72. The lowest BCUT2D eigenvalue weighted by Crippen LogP contribution is -2.15. The van der Waals surface area contributed by atoms with Crippen molar-refractivity contribution >= 4 is 5.95 Å². The Morgan fingerprint density at radius 3 is 2.48 bits per heavy atom. The maximum Gasteiger partial charge on any atom is 0.223 e. The van der Waals surface area contributed by atoms with Gasteiger partial charge >= 0.3 is 0 Å². The van der Waals surface area contributed by atoms with Crippen molar-refractivity contribution in [2.24, 2.45) is 0 Å². The number of hydrogen-bond acceptors (Lipinski definition) is 5. The number of ether oxygens (including phenoxy) is 2. The van der Waals surface area contributed by atoms with Crippen molar-refractivity contribution in [2.45, 2.75) is 6.04 Å². The summed E-state index contributed by atoms with van der Waals surface area (Å²) in [5, 5.41) is 3.24. The van der Waals surface area contributed by atoms with Gasteiger partial charge < -0.3 is 14.8 Å². The van der Waals surface area contributed by atoms with Crippen LogP contribution < -0.4 is 14.8 Å². The van der Waals surface area contributed by atoms with Gasteiger partial charge in [0.05, 0.1) is 20.3 Å². The number of nitrogens with zero attached hydrogens (tertiary/aromatic N) is 2. The first-order chi connectivity index (χ1) is 12.2. The average molecular weight is 339 g/mol. The molecule has 0 aliphatic heterocycles. The fraction of sp³-hybridized carbons (Fsp3) is 0.158. The standard InChI is InChI=1S/C19H18FN3O2/c1-24-15-6-3-5-13(11-15)18(23-19-21-9-4-10-22-19)16-12-14(20)7-8-17(16)25-2/h3-12,18H,1-2H3,(H,21,22,23). The molecule has 25 heavy (non-hydrogen) atoms. The van der Waals surface area contributed by atoms with Crippen molar-refractivity contribution in [3.05, 3.63) is 77.9 Å². The molecule has 0 bridgehead atoms. The summed E-state index contributed by atoms with van der Waals surface area (Å²) >= 11 is 0. The maximum atomic E-state index is 13.9. The number of benzene rings is 2. The highest BCUT2D eigenvalue weighted by Crippen LogP contribution is 2.34. The minimum atomic E-state index is -0.414. The number of nitrogens with one attached hydrogen (secondary N) is 1. The first-order valence-corrected chi connectivity index (χ1v) is 7.72. The Morgan fingerprint density at radius 1 is 0.960 bits per heavy atom. The molecule has 0 amide bonds. The van der Waals surface area contributed by atoms with Crippen LogP contribution in [-0.2, 0) is 0 Å². The van der Waals surface area contributed by atoms with Crippen molar-refractivity contribution in [3.63, 3.8) is 0 Å². The van der Waals surface area contributed by atoms with E-state index in [1.54, 1.807) is 38.7 Å². The Hall–Kier alpha value is -3.15. The average Bonchev–Trinajstić information content (AvgIpc) is 2.67. The highest BCUT2D eigenvalue weighted by Gasteiger charge is 2.20. The van der Waals surface area contributed by atoms with E-state index < -0.39 is 6.04 Å². The van der Waals surface area contributed by atoms with Crippen LogP contribution in [0.1, 0.15) is 17.2 Å². The van der Waals surface area contributed by atoms with Gasteiger partial charge in [0.25, 0.3) is 0 Å². The van der Waals surface area contributed by atoms with Crippen LogP contribution in [0, 0.1) is 5.82 Å². The van der Waals surface area contributed by atoms with Gasteiger partial charge in [-0.3, -0.25) is 0 Å². The molecule has 1 heterocycles. The largest absolute Gasteiger partial charge is 0.497 e. The van der Waals surface area contributed by atoms with Gasteiger partial charge in [0.15, 0.2) is 0 Å². The Labute approximate surface area is 145 Å². The summed E-state index contributed by atoms with van der Waals surface area (Å²) < 4.78 is 24.6. The molecule has 1 atom stereocenters. The van der Waals surface area contributed by atoms with Gasteiger partial charge in [-0.1, -0.05) is 12.1 Å². The van der Waals surface area contributed by atoms with Crippen LogP contribution in [0.3, 0.4) is 0 Å². The quantitative estimate of drug-likeness (QED) is 0.739. The number of anilines is 1. The zero-order chi connectivity index (χ0) is 17.6. The van der Waals surface area contributed by atoms with Crippen molar-refractivity contribution in [2.75, 3.05) is 19.5 Å². The van der Waals surface area contributed by atoms with Crippen LogP contribution in [0.25, 0.3) is 0 Å². The molecule has 128 valence electrons. The van der Waals surface area contributed by atoms with E-state index in [2.05, 4.69) is 15.3 Å². The molecule has 0 aliphatic rings. The molecule has 1 N–H and O–H groups in total. The Balaban J connectivity index is 2.10. The van der Waals surface area contributed by atoms with Crippen LogP contribution >= 0.6 is 0 Å². The fourth-order valence-corrected chi connectivity index (χ4v) is 2.60. The van der Waals surface area contributed by atoms with E-state index in [1.807, 2.05) is 24.3 Å². The normalized spacial score (nSPS) is 11.6. The van der Waals surface area contributed by atoms with Crippen molar-refractivity contribution < 1.29 is 13.9 Å². The third-order valence-corrected chi connectivity index (χ3v) is 3.77. The molecule has 0 spiro atoms. The first kappa shape index (κ1) is 16.7. The summed E-state index contributed by atoms with van der Waals surface area (Å²) in [4.78, 5) is 8.40. The predicted molar refractivity (Wildman–Crippen MR) is 93.4 cm³/mol. The summed E-state index contributed by atoms with van der Waals surface area (Å²) in [7, 11) is 3.16. The van der Waals surface area contributed by atoms with Crippen LogP contribution in [0.4, 0.5) is 10.3 Å². The Bertz CT molecular complexity index is 843. The number of methoxy groups -OCH3 is 2. The van der Waals surface area contributed by atoms with Crippen LogP contribution in [0.15, 0.2) is 60.9 Å². The van der Waals surface area contributed by atoms with Crippen LogP contribution in [0.5, 0.6) is 11.5 Å². The molecule has 0 fully saturated rings. The minimum absolute atomic E-state index is 0.348. The molecule has 0 saturated heterocycles. The van der Waals surface area contributed by atoms with Gasteiger partial charge in [-0.25, -0.2) is 14.4 Å². The molecule has 3 aromatic rings. The van der Waals surface area contributed by atoms with Gasteiger partial charge in [0.2, 0.25) is 5.95 Å². The molecule has 2 aromatic carbocycles. The van der Waals surface area contributed by atoms with Crippen LogP contribution in [-0.4, -0.2) is 24.2 Å². The highest BCUT2D eigenvalue weighted by atomic mass is 19.1. The molecule has 5 nitrogen and oxygen atoms in total. The Kier molecular flexibility index (Phi) is 5.09. The van der Waals surface area contributed by atoms with E-state index in [0.29, 0.717) is 23.0 Å². The lowest BCUT2D eigenvalue weighted by Gasteiger charge is -2.22. The molecule has 1 aromatic heterocycles. The summed E-state index contributed by atoms with van der Waals surface area (Å²) in [5.74, 6) is 1.35. The minimum Gasteiger partial charge on any atom is -0.497 e. The highest BCUT2D eigenvalue weighted by molar-refractivity contribution is 5.48. The second-order valence-corrected chi connectivity index (χ2v) is 5.31. The summed E-state index contributed by atoms with van der Waals surface area (Å²) in [6.07, 6.45) is 3.28. The van der Waals surface area contributed by atoms with Gasteiger partial charge in [-0.2, -0.15) is 0 Å². The van der Waals surface area contributed by atoms with Gasteiger partial charge in [-0.15, -0.1) is 0 Å². The Morgan fingerprint density at radius 2 is 1.76 bits per heavy atom. The van der Waals surface area contributed by atoms with E-state index >= 15 is 0 Å². The number of rotatable bonds is 6. The third-order valence-electron chi connectivity index (χ3n) is 3.77. The summed E-state index contributed by atoms with van der Waals surface area (Å²) in [5.41, 5.74) is 1.51. The second-order valence-electron chi connectivity index (χ2n) is 5.31. The van der Waals surface area contributed by atoms with E-state index in [9.17, 15) is 4.39 Å². The number of aromatic nitrogens is 2. The van der Waals surface area contributed by atoms with Crippen molar-refractivity contribution in [3.8, 4) is 11.5 Å².